The molecule has 0 radical (unpaired) electrons. The van der Waals surface area contributed by atoms with Gasteiger partial charge in [0, 0.05) is 13.0 Å². The standard InChI is InChI=1S/C10H20N2O2/c1-11-7-6-10(14)12-8-4-2-3-5-9(8)13/h8-9,11,13H,2-7H2,1H3,(H,12,14). The highest BCUT2D eigenvalue weighted by Crippen LogP contribution is 2.18. The third kappa shape index (κ3) is 3.64. The van der Waals surface area contributed by atoms with Crippen LogP contribution < -0.4 is 10.6 Å². The molecule has 2 unspecified atom stereocenters. The molecule has 82 valence electrons. The molecule has 1 amide bonds. The Balaban J connectivity index is 2.23. The Kier molecular flexibility index (Phi) is 4.90. The Morgan fingerprint density at radius 1 is 1.43 bits per heavy atom. The summed E-state index contributed by atoms with van der Waals surface area (Å²) < 4.78 is 0. The number of amides is 1. The van der Waals surface area contributed by atoms with Crippen molar-refractivity contribution in [2.75, 3.05) is 13.6 Å². The van der Waals surface area contributed by atoms with Crippen LogP contribution in [0.25, 0.3) is 0 Å². The minimum Gasteiger partial charge on any atom is -0.391 e. The van der Waals surface area contributed by atoms with E-state index in [0.717, 1.165) is 25.7 Å². The quantitative estimate of drug-likeness (QED) is 0.599. The van der Waals surface area contributed by atoms with Crippen LogP contribution in [-0.2, 0) is 4.79 Å². The number of aliphatic hydroxyl groups excluding tert-OH is 1. The molecule has 0 aromatic rings. The van der Waals surface area contributed by atoms with Gasteiger partial charge in [0.05, 0.1) is 12.1 Å². The van der Waals surface area contributed by atoms with Gasteiger partial charge in [-0.1, -0.05) is 12.8 Å². The van der Waals surface area contributed by atoms with Gasteiger partial charge in [-0.3, -0.25) is 4.79 Å². The number of carbonyl (C=O) groups excluding carboxylic acids is 1. The van der Waals surface area contributed by atoms with Crippen LogP contribution in [0, 0.1) is 0 Å². The number of rotatable bonds is 4. The van der Waals surface area contributed by atoms with E-state index < -0.39 is 0 Å². The Hall–Kier alpha value is -0.610. The van der Waals surface area contributed by atoms with Crippen molar-refractivity contribution in [3.8, 4) is 0 Å². The molecule has 0 saturated heterocycles. The molecular weight excluding hydrogens is 180 g/mol. The van der Waals surface area contributed by atoms with E-state index in [9.17, 15) is 9.90 Å². The first kappa shape index (κ1) is 11.5. The summed E-state index contributed by atoms with van der Waals surface area (Å²) in [5.74, 6) is 0.0327. The van der Waals surface area contributed by atoms with Crippen molar-refractivity contribution in [2.24, 2.45) is 0 Å². The zero-order valence-electron chi connectivity index (χ0n) is 8.75. The lowest BCUT2D eigenvalue weighted by molar-refractivity contribution is -0.122. The minimum absolute atomic E-state index is 0.0203. The van der Waals surface area contributed by atoms with Gasteiger partial charge in [0.2, 0.25) is 5.91 Å². The fourth-order valence-corrected chi connectivity index (χ4v) is 1.80. The van der Waals surface area contributed by atoms with Crippen molar-refractivity contribution in [2.45, 2.75) is 44.2 Å². The lowest BCUT2D eigenvalue weighted by atomic mass is 9.92. The van der Waals surface area contributed by atoms with E-state index in [2.05, 4.69) is 10.6 Å². The van der Waals surface area contributed by atoms with E-state index in [1.807, 2.05) is 7.05 Å². The van der Waals surface area contributed by atoms with Gasteiger partial charge < -0.3 is 15.7 Å². The third-order valence-corrected chi connectivity index (χ3v) is 2.68. The summed E-state index contributed by atoms with van der Waals surface area (Å²) in [7, 11) is 1.82. The molecule has 14 heavy (non-hydrogen) atoms. The van der Waals surface area contributed by atoms with E-state index in [4.69, 9.17) is 0 Å². The van der Waals surface area contributed by atoms with E-state index >= 15 is 0 Å². The maximum absolute atomic E-state index is 11.4. The van der Waals surface area contributed by atoms with E-state index in [1.165, 1.54) is 0 Å². The third-order valence-electron chi connectivity index (χ3n) is 2.68. The summed E-state index contributed by atoms with van der Waals surface area (Å²) in [5, 5.41) is 15.4. The van der Waals surface area contributed by atoms with Gasteiger partial charge in [0.25, 0.3) is 0 Å². The predicted molar refractivity (Wildman–Crippen MR) is 54.9 cm³/mol. The first-order chi connectivity index (χ1) is 6.74. The van der Waals surface area contributed by atoms with Crippen molar-refractivity contribution < 1.29 is 9.90 Å². The molecule has 0 bridgehead atoms. The molecule has 0 heterocycles. The number of hydrogen-bond acceptors (Lipinski definition) is 3. The van der Waals surface area contributed by atoms with Gasteiger partial charge >= 0.3 is 0 Å². The lowest BCUT2D eigenvalue weighted by Gasteiger charge is -2.28. The molecular formula is C10H20N2O2. The highest BCUT2D eigenvalue weighted by molar-refractivity contribution is 5.76. The summed E-state index contributed by atoms with van der Waals surface area (Å²) in [4.78, 5) is 11.4. The van der Waals surface area contributed by atoms with Gasteiger partial charge in [-0.15, -0.1) is 0 Å². The van der Waals surface area contributed by atoms with Crippen LogP contribution in [0.3, 0.4) is 0 Å². The molecule has 4 heteroatoms. The summed E-state index contributed by atoms with van der Waals surface area (Å²) in [6.45, 7) is 0.689. The Morgan fingerprint density at radius 2 is 2.14 bits per heavy atom. The van der Waals surface area contributed by atoms with Crippen molar-refractivity contribution in [3.63, 3.8) is 0 Å². The molecule has 0 aromatic carbocycles. The van der Waals surface area contributed by atoms with Crippen LogP contribution in [0.4, 0.5) is 0 Å². The van der Waals surface area contributed by atoms with Crippen molar-refractivity contribution in [3.05, 3.63) is 0 Å². The average Bonchev–Trinajstić information content (AvgIpc) is 2.18. The topological polar surface area (TPSA) is 61.4 Å². The SMILES string of the molecule is CNCCC(=O)NC1CCCCC1O. The minimum atomic E-state index is -0.345. The van der Waals surface area contributed by atoms with E-state index in [-0.39, 0.29) is 18.1 Å². The fraction of sp³-hybridized carbons (Fsp3) is 0.900. The molecule has 1 fully saturated rings. The van der Waals surface area contributed by atoms with Crippen LogP contribution in [0.15, 0.2) is 0 Å². The predicted octanol–water partition coefficient (Wildman–Crippen LogP) is 0.0156. The molecule has 0 aliphatic heterocycles. The van der Waals surface area contributed by atoms with Gasteiger partial charge in [0.1, 0.15) is 0 Å². The summed E-state index contributed by atoms with van der Waals surface area (Å²) in [6, 6.07) is -0.0203. The van der Waals surface area contributed by atoms with Gasteiger partial charge in [-0.25, -0.2) is 0 Å². The molecule has 1 aliphatic carbocycles. The monoisotopic (exact) mass is 200 g/mol. The molecule has 1 rings (SSSR count). The van der Waals surface area contributed by atoms with E-state index in [0.29, 0.717) is 13.0 Å². The normalized spacial score (nSPS) is 27.3. The summed E-state index contributed by atoms with van der Waals surface area (Å²) in [6.07, 6.45) is 4.05. The average molecular weight is 200 g/mol. The smallest absolute Gasteiger partial charge is 0.221 e. The zero-order valence-corrected chi connectivity index (χ0v) is 8.75. The molecule has 2 atom stereocenters. The van der Waals surface area contributed by atoms with Crippen molar-refractivity contribution >= 4 is 5.91 Å². The highest BCUT2D eigenvalue weighted by Gasteiger charge is 2.23. The molecule has 4 nitrogen and oxygen atoms in total. The Bertz CT molecular complexity index is 185. The van der Waals surface area contributed by atoms with Crippen LogP contribution >= 0.6 is 0 Å². The maximum atomic E-state index is 11.4. The largest absolute Gasteiger partial charge is 0.391 e. The maximum Gasteiger partial charge on any atom is 0.221 e. The molecule has 0 spiro atoms. The van der Waals surface area contributed by atoms with Gasteiger partial charge in [-0.05, 0) is 19.9 Å². The molecule has 1 aliphatic rings. The molecule has 3 N–H and O–H groups in total. The van der Waals surface area contributed by atoms with Gasteiger partial charge in [0.15, 0.2) is 0 Å². The van der Waals surface area contributed by atoms with E-state index in [1.54, 1.807) is 0 Å². The van der Waals surface area contributed by atoms with Crippen LogP contribution in [0.5, 0.6) is 0 Å². The number of nitrogens with one attached hydrogen (secondary N) is 2. The van der Waals surface area contributed by atoms with Crippen LogP contribution in [-0.4, -0.2) is 36.8 Å². The summed E-state index contributed by atoms with van der Waals surface area (Å²) in [5.41, 5.74) is 0. The summed E-state index contributed by atoms with van der Waals surface area (Å²) >= 11 is 0. The van der Waals surface area contributed by atoms with Crippen molar-refractivity contribution in [1.29, 1.82) is 0 Å². The number of carbonyl (C=O) groups is 1. The van der Waals surface area contributed by atoms with Gasteiger partial charge in [-0.2, -0.15) is 0 Å². The second kappa shape index (κ2) is 5.98. The fourth-order valence-electron chi connectivity index (χ4n) is 1.80. The highest BCUT2D eigenvalue weighted by atomic mass is 16.3. The zero-order chi connectivity index (χ0) is 10.4. The molecule has 1 saturated carbocycles. The number of hydrogen-bond donors (Lipinski definition) is 3. The van der Waals surface area contributed by atoms with Crippen molar-refractivity contribution in [1.82, 2.24) is 10.6 Å². The van der Waals surface area contributed by atoms with Crippen LogP contribution in [0.1, 0.15) is 32.1 Å². The Labute approximate surface area is 85.1 Å². The van der Waals surface area contributed by atoms with Crippen LogP contribution in [0.2, 0.25) is 0 Å². The second-order valence-corrected chi connectivity index (χ2v) is 3.88. The first-order valence-corrected chi connectivity index (χ1v) is 5.36. The Morgan fingerprint density at radius 3 is 2.79 bits per heavy atom. The number of aliphatic hydroxyl groups is 1. The molecule has 0 aromatic heterocycles. The second-order valence-electron chi connectivity index (χ2n) is 3.88. The lowest BCUT2D eigenvalue weighted by Crippen LogP contribution is -2.45. The first-order valence-electron chi connectivity index (χ1n) is 5.36.